The van der Waals surface area contributed by atoms with Crippen LogP contribution in [0.4, 0.5) is 0 Å². The predicted molar refractivity (Wildman–Crippen MR) is 103 cm³/mol. The Kier molecular flexibility index (Phi) is 5.96. The average Bonchev–Trinajstić information content (AvgIpc) is 2.56. The van der Waals surface area contributed by atoms with Crippen molar-refractivity contribution in [3.63, 3.8) is 0 Å². The normalized spacial score (nSPS) is 12.5. The molecule has 0 fully saturated rings. The summed E-state index contributed by atoms with van der Waals surface area (Å²) in [7, 11) is 2.40. The van der Waals surface area contributed by atoms with Gasteiger partial charge in [0.2, 0.25) is 0 Å². The first-order valence-electron chi connectivity index (χ1n) is 8.15. The van der Waals surface area contributed by atoms with Gasteiger partial charge in [-0.1, -0.05) is 58.3 Å². The Morgan fingerprint density at radius 1 is 1.13 bits per heavy atom. The first-order chi connectivity index (χ1) is 11.1. The van der Waals surface area contributed by atoms with E-state index in [4.69, 9.17) is 0 Å². The summed E-state index contributed by atoms with van der Waals surface area (Å²) in [6.45, 7) is 6.53. The van der Waals surface area contributed by atoms with Crippen molar-refractivity contribution in [2.45, 2.75) is 38.8 Å². The highest BCUT2D eigenvalue weighted by Gasteiger charge is 2.31. The second-order valence-electron chi connectivity index (χ2n) is 5.91. The van der Waals surface area contributed by atoms with Gasteiger partial charge in [0.1, 0.15) is 5.75 Å². The Balaban J connectivity index is 2.51. The third-order valence-electron chi connectivity index (χ3n) is 4.48. The van der Waals surface area contributed by atoms with Crippen LogP contribution in [0.5, 0.6) is 5.75 Å². The number of phenolic OH excluding ortho intramolecular Hbond substituents is 1. The van der Waals surface area contributed by atoms with Crippen LogP contribution in [0, 0.1) is 6.92 Å². The standard InChI is InChI=1S/C20H26NOP/c1-5-20(6-2,17-9-7-8-10-18(17)22)23-19-12-11-15(3)13-16(19)14-21-4/h7-14,22-23H,5-6H2,1-4H3/b21-14+. The summed E-state index contributed by atoms with van der Waals surface area (Å²) in [5.41, 5.74) is 3.49. The van der Waals surface area contributed by atoms with Crippen molar-refractivity contribution < 1.29 is 5.11 Å². The van der Waals surface area contributed by atoms with Crippen LogP contribution < -0.4 is 5.30 Å². The minimum Gasteiger partial charge on any atom is -0.508 e. The molecule has 0 radical (unpaired) electrons. The van der Waals surface area contributed by atoms with Gasteiger partial charge in [-0.15, -0.1) is 0 Å². The lowest BCUT2D eigenvalue weighted by molar-refractivity contribution is 0.448. The summed E-state index contributed by atoms with van der Waals surface area (Å²) in [5, 5.41) is 11.7. The van der Waals surface area contributed by atoms with Crippen LogP contribution in [0.25, 0.3) is 0 Å². The lowest BCUT2D eigenvalue weighted by Crippen LogP contribution is -2.23. The maximum atomic E-state index is 10.4. The molecule has 0 bridgehead atoms. The summed E-state index contributed by atoms with van der Waals surface area (Å²) in [6, 6.07) is 14.3. The second-order valence-corrected chi connectivity index (χ2v) is 7.66. The first kappa shape index (κ1) is 17.7. The quantitative estimate of drug-likeness (QED) is 0.602. The van der Waals surface area contributed by atoms with E-state index >= 15 is 0 Å². The van der Waals surface area contributed by atoms with Crippen LogP contribution in [-0.2, 0) is 5.16 Å². The summed E-state index contributed by atoms with van der Waals surface area (Å²) in [6.07, 6.45) is 3.93. The Morgan fingerprint density at radius 3 is 2.43 bits per heavy atom. The molecule has 122 valence electrons. The number of benzene rings is 2. The molecule has 2 rings (SSSR count). The molecule has 3 heteroatoms. The second kappa shape index (κ2) is 7.75. The highest BCUT2D eigenvalue weighted by molar-refractivity contribution is 7.48. The maximum Gasteiger partial charge on any atom is 0.119 e. The monoisotopic (exact) mass is 327 g/mol. The van der Waals surface area contributed by atoms with E-state index < -0.39 is 0 Å². The van der Waals surface area contributed by atoms with E-state index in [0.29, 0.717) is 14.3 Å². The highest BCUT2D eigenvalue weighted by atomic mass is 31.1. The highest BCUT2D eigenvalue weighted by Crippen LogP contribution is 2.49. The van der Waals surface area contributed by atoms with E-state index in [0.717, 1.165) is 18.4 Å². The third-order valence-corrected chi connectivity index (χ3v) is 6.66. The summed E-state index contributed by atoms with van der Waals surface area (Å²) in [4.78, 5) is 4.21. The summed E-state index contributed by atoms with van der Waals surface area (Å²) < 4.78 is 0. The van der Waals surface area contributed by atoms with Crippen LogP contribution in [0.1, 0.15) is 43.4 Å². The number of aliphatic imine (C=N–C) groups is 1. The van der Waals surface area contributed by atoms with E-state index in [1.54, 1.807) is 6.07 Å². The van der Waals surface area contributed by atoms with Crippen molar-refractivity contribution in [1.29, 1.82) is 0 Å². The van der Waals surface area contributed by atoms with Crippen LogP contribution in [0.2, 0.25) is 0 Å². The maximum absolute atomic E-state index is 10.4. The number of aromatic hydroxyl groups is 1. The molecule has 2 aromatic rings. The summed E-state index contributed by atoms with van der Waals surface area (Å²) >= 11 is 0. The molecule has 2 aromatic carbocycles. The van der Waals surface area contributed by atoms with Crippen LogP contribution >= 0.6 is 8.58 Å². The zero-order valence-electron chi connectivity index (χ0n) is 14.4. The zero-order chi connectivity index (χ0) is 16.9. The number of para-hydroxylation sites is 1. The minimum absolute atomic E-state index is 0.0308. The number of rotatable bonds is 6. The molecule has 23 heavy (non-hydrogen) atoms. The molecule has 0 aliphatic heterocycles. The zero-order valence-corrected chi connectivity index (χ0v) is 15.4. The van der Waals surface area contributed by atoms with Crippen molar-refractivity contribution >= 4 is 20.1 Å². The van der Waals surface area contributed by atoms with Crippen molar-refractivity contribution in [2.75, 3.05) is 7.05 Å². The molecule has 0 aliphatic carbocycles. The fraction of sp³-hybridized carbons (Fsp3) is 0.350. The molecule has 0 saturated carbocycles. The van der Waals surface area contributed by atoms with Crippen molar-refractivity contribution in [3.05, 3.63) is 59.2 Å². The molecule has 0 aromatic heterocycles. The predicted octanol–water partition coefficient (Wildman–Crippen LogP) is 4.77. The van der Waals surface area contributed by atoms with Crippen molar-refractivity contribution in [1.82, 2.24) is 0 Å². The molecule has 0 aliphatic rings. The Morgan fingerprint density at radius 2 is 1.83 bits per heavy atom. The van der Waals surface area contributed by atoms with E-state index in [1.807, 2.05) is 25.4 Å². The number of phenols is 1. The molecule has 1 N–H and O–H groups in total. The van der Waals surface area contributed by atoms with E-state index in [1.165, 1.54) is 16.4 Å². The molecule has 0 amide bonds. The number of nitrogens with zero attached hydrogens (tertiary/aromatic N) is 1. The Labute approximate surface area is 141 Å². The average molecular weight is 327 g/mol. The molecule has 1 unspecified atom stereocenters. The van der Waals surface area contributed by atoms with Gasteiger partial charge in [0.25, 0.3) is 0 Å². The van der Waals surface area contributed by atoms with Crippen LogP contribution in [0.3, 0.4) is 0 Å². The number of aryl methyl sites for hydroxylation is 1. The first-order valence-corrected chi connectivity index (χ1v) is 9.15. The molecular formula is C20H26NOP. The van der Waals surface area contributed by atoms with Gasteiger partial charge >= 0.3 is 0 Å². The Bertz CT molecular complexity index is 690. The summed E-state index contributed by atoms with van der Waals surface area (Å²) in [5.74, 6) is 0.404. The molecule has 1 atom stereocenters. The van der Waals surface area contributed by atoms with Crippen molar-refractivity contribution in [2.24, 2.45) is 4.99 Å². The van der Waals surface area contributed by atoms with Crippen LogP contribution in [0.15, 0.2) is 47.5 Å². The lowest BCUT2D eigenvalue weighted by atomic mass is 9.92. The smallest absolute Gasteiger partial charge is 0.119 e. The van der Waals surface area contributed by atoms with E-state index in [-0.39, 0.29) is 5.16 Å². The van der Waals surface area contributed by atoms with Crippen LogP contribution in [-0.4, -0.2) is 18.4 Å². The van der Waals surface area contributed by atoms with Gasteiger partial charge in [-0.05, 0) is 42.8 Å². The van der Waals surface area contributed by atoms with Gasteiger partial charge in [-0.2, -0.15) is 0 Å². The molecule has 0 heterocycles. The fourth-order valence-corrected chi connectivity index (χ4v) is 4.72. The third kappa shape index (κ3) is 3.82. The number of hydrogen-bond donors (Lipinski definition) is 1. The fourth-order valence-electron chi connectivity index (χ4n) is 3.05. The van der Waals surface area contributed by atoms with Gasteiger partial charge in [0.05, 0.1) is 0 Å². The van der Waals surface area contributed by atoms with Gasteiger partial charge in [0.15, 0.2) is 0 Å². The molecule has 2 nitrogen and oxygen atoms in total. The Hall–Kier alpha value is -1.66. The molecule has 0 saturated heterocycles. The molecular weight excluding hydrogens is 301 g/mol. The van der Waals surface area contributed by atoms with Gasteiger partial charge in [0, 0.05) is 24.0 Å². The van der Waals surface area contributed by atoms with Crippen molar-refractivity contribution in [3.8, 4) is 5.75 Å². The molecule has 0 spiro atoms. The SMILES string of the molecule is CCC(CC)(Pc1ccc(C)cc1/C=N/C)c1ccccc1O. The number of hydrogen-bond acceptors (Lipinski definition) is 2. The van der Waals surface area contributed by atoms with Gasteiger partial charge in [-0.3, -0.25) is 4.99 Å². The van der Waals surface area contributed by atoms with E-state index in [9.17, 15) is 5.11 Å². The lowest BCUT2D eigenvalue weighted by Gasteiger charge is -2.33. The van der Waals surface area contributed by atoms with Gasteiger partial charge < -0.3 is 5.11 Å². The van der Waals surface area contributed by atoms with E-state index in [2.05, 4.69) is 50.0 Å². The topological polar surface area (TPSA) is 32.6 Å². The largest absolute Gasteiger partial charge is 0.508 e. The van der Waals surface area contributed by atoms with Gasteiger partial charge in [-0.25, -0.2) is 0 Å². The minimum atomic E-state index is -0.0308.